The lowest BCUT2D eigenvalue weighted by molar-refractivity contribution is 0.485. The van der Waals surface area contributed by atoms with Crippen LogP contribution in [0.4, 0.5) is 0 Å². The zero-order valence-electron chi connectivity index (χ0n) is 16.4. The molecule has 5 rings (SSSR count). The predicted octanol–water partition coefficient (Wildman–Crippen LogP) is 6.66. The van der Waals surface area contributed by atoms with Gasteiger partial charge in [-0.2, -0.15) is 0 Å². The normalized spacial score (nSPS) is 14.4. The van der Waals surface area contributed by atoms with Crippen LogP contribution in [0.3, 0.4) is 0 Å². The molecule has 0 N–H and O–H groups in total. The SMILES string of the molecule is Clc1ccccc1-c1nnc(SCc2coc(-c3ccccc3)n2)n1C1CCCC1. The first-order chi connectivity index (χ1) is 14.8. The van der Waals surface area contributed by atoms with Crippen molar-refractivity contribution in [1.29, 1.82) is 0 Å². The Bertz CT molecular complexity index is 1140. The highest BCUT2D eigenvalue weighted by atomic mass is 35.5. The molecule has 1 saturated carbocycles. The van der Waals surface area contributed by atoms with E-state index < -0.39 is 0 Å². The average molecular weight is 437 g/mol. The van der Waals surface area contributed by atoms with Crippen LogP contribution in [-0.2, 0) is 5.75 Å². The van der Waals surface area contributed by atoms with Crippen LogP contribution in [-0.4, -0.2) is 19.7 Å². The highest BCUT2D eigenvalue weighted by molar-refractivity contribution is 7.98. The smallest absolute Gasteiger partial charge is 0.226 e. The van der Waals surface area contributed by atoms with Gasteiger partial charge in [0.15, 0.2) is 11.0 Å². The molecular formula is C23H21ClN4OS. The highest BCUT2D eigenvalue weighted by Gasteiger charge is 2.26. The third kappa shape index (κ3) is 3.89. The molecule has 7 heteroatoms. The fourth-order valence-corrected chi connectivity index (χ4v) is 5.02. The summed E-state index contributed by atoms with van der Waals surface area (Å²) in [5, 5.41) is 10.6. The number of halogens is 1. The number of nitrogens with zero attached hydrogens (tertiary/aromatic N) is 4. The molecule has 0 atom stereocenters. The van der Waals surface area contributed by atoms with E-state index in [1.807, 2.05) is 54.6 Å². The molecule has 152 valence electrons. The van der Waals surface area contributed by atoms with E-state index in [2.05, 4.69) is 19.7 Å². The van der Waals surface area contributed by atoms with E-state index in [0.717, 1.165) is 40.6 Å². The van der Waals surface area contributed by atoms with Crippen molar-refractivity contribution in [3.8, 4) is 22.8 Å². The number of aromatic nitrogens is 4. The van der Waals surface area contributed by atoms with Crippen LogP contribution in [0, 0.1) is 0 Å². The maximum absolute atomic E-state index is 6.47. The molecule has 0 unspecified atom stereocenters. The number of benzene rings is 2. The van der Waals surface area contributed by atoms with Gasteiger partial charge in [-0.1, -0.05) is 66.5 Å². The minimum absolute atomic E-state index is 0.408. The zero-order chi connectivity index (χ0) is 20.3. The van der Waals surface area contributed by atoms with Crippen molar-refractivity contribution < 1.29 is 4.42 Å². The summed E-state index contributed by atoms with van der Waals surface area (Å²) in [5.74, 6) is 2.16. The second-order valence-corrected chi connectivity index (χ2v) is 8.74. The van der Waals surface area contributed by atoms with Crippen molar-refractivity contribution in [3.05, 3.63) is 71.6 Å². The summed E-state index contributed by atoms with van der Waals surface area (Å²) >= 11 is 8.11. The zero-order valence-corrected chi connectivity index (χ0v) is 17.9. The Kier molecular flexibility index (Phi) is 5.60. The Balaban J connectivity index is 1.41. The van der Waals surface area contributed by atoms with Crippen molar-refractivity contribution >= 4 is 23.4 Å². The number of hydrogen-bond acceptors (Lipinski definition) is 5. The van der Waals surface area contributed by atoms with Crippen molar-refractivity contribution in [2.24, 2.45) is 0 Å². The molecule has 30 heavy (non-hydrogen) atoms. The predicted molar refractivity (Wildman–Crippen MR) is 119 cm³/mol. The maximum Gasteiger partial charge on any atom is 0.226 e. The molecule has 0 spiro atoms. The van der Waals surface area contributed by atoms with Crippen LogP contribution in [0.25, 0.3) is 22.8 Å². The van der Waals surface area contributed by atoms with Crippen LogP contribution in [0.1, 0.15) is 37.4 Å². The Morgan fingerprint density at radius 1 is 1.00 bits per heavy atom. The molecule has 0 saturated heterocycles. The Labute approximate surface area is 184 Å². The molecule has 0 bridgehead atoms. The minimum atomic E-state index is 0.408. The van der Waals surface area contributed by atoms with Gasteiger partial charge in [0.1, 0.15) is 6.26 Å². The Morgan fingerprint density at radius 2 is 1.77 bits per heavy atom. The van der Waals surface area contributed by atoms with Crippen molar-refractivity contribution in [2.45, 2.75) is 42.6 Å². The van der Waals surface area contributed by atoms with Crippen LogP contribution in [0.15, 0.2) is 70.4 Å². The quantitative estimate of drug-likeness (QED) is 0.316. The lowest BCUT2D eigenvalue weighted by atomic mass is 10.2. The summed E-state index contributed by atoms with van der Waals surface area (Å²) in [7, 11) is 0. The van der Waals surface area contributed by atoms with Gasteiger partial charge in [0.25, 0.3) is 0 Å². The Morgan fingerprint density at radius 3 is 2.57 bits per heavy atom. The average Bonchev–Trinajstić information content (AvgIpc) is 3.53. The molecule has 1 fully saturated rings. The van der Waals surface area contributed by atoms with Crippen LogP contribution in [0.2, 0.25) is 5.02 Å². The molecule has 1 aliphatic rings. The summed E-state index contributed by atoms with van der Waals surface area (Å²) < 4.78 is 7.95. The summed E-state index contributed by atoms with van der Waals surface area (Å²) in [6.07, 6.45) is 6.48. The molecule has 4 aromatic rings. The van der Waals surface area contributed by atoms with Gasteiger partial charge in [-0.25, -0.2) is 4.98 Å². The lowest BCUT2D eigenvalue weighted by Crippen LogP contribution is -2.08. The Hall–Kier alpha value is -2.57. The first-order valence-corrected chi connectivity index (χ1v) is 11.5. The van der Waals surface area contributed by atoms with E-state index >= 15 is 0 Å². The van der Waals surface area contributed by atoms with E-state index in [1.165, 1.54) is 12.8 Å². The highest BCUT2D eigenvalue weighted by Crippen LogP contribution is 2.38. The lowest BCUT2D eigenvalue weighted by Gasteiger charge is -2.17. The first-order valence-electron chi connectivity index (χ1n) is 10.1. The number of thioether (sulfide) groups is 1. The first kappa shape index (κ1) is 19.4. The van der Waals surface area contributed by atoms with Crippen molar-refractivity contribution in [2.75, 3.05) is 0 Å². The molecule has 2 heterocycles. The van der Waals surface area contributed by atoms with Crippen molar-refractivity contribution in [3.63, 3.8) is 0 Å². The topological polar surface area (TPSA) is 56.7 Å². The summed E-state index contributed by atoms with van der Waals surface area (Å²) in [5.41, 5.74) is 2.79. The van der Waals surface area contributed by atoms with Gasteiger partial charge in [0, 0.05) is 22.9 Å². The summed E-state index contributed by atoms with van der Waals surface area (Å²) in [4.78, 5) is 4.64. The van der Waals surface area contributed by atoms with E-state index in [-0.39, 0.29) is 0 Å². The van der Waals surface area contributed by atoms with Gasteiger partial charge in [0.2, 0.25) is 5.89 Å². The van der Waals surface area contributed by atoms with Gasteiger partial charge in [-0.3, -0.25) is 4.57 Å². The van der Waals surface area contributed by atoms with E-state index in [0.29, 0.717) is 22.7 Å². The molecule has 5 nitrogen and oxygen atoms in total. The fourth-order valence-electron chi connectivity index (χ4n) is 3.92. The van der Waals surface area contributed by atoms with Gasteiger partial charge < -0.3 is 4.42 Å². The standard InChI is InChI=1S/C23H21ClN4OS/c24-20-13-7-6-12-19(20)21-26-27-23(28(21)18-10-4-5-11-18)30-15-17-14-29-22(25-17)16-8-2-1-3-9-16/h1-3,6-9,12-14,18H,4-5,10-11,15H2. The second kappa shape index (κ2) is 8.66. The maximum atomic E-state index is 6.47. The van der Waals surface area contributed by atoms with Crippen molar-refractivity contribution in [1.82, 2.24) is 19.7 Å². The number of rotatable bonds is 6. The van der Waals surface area contributed by atoms with Gasteiger partial charge in [0.05, 0.1) is 10.7 Å². The molecule has 2 aromatic carbocycles. The van der Waals surface area contributed by atoms with Crippen LogP contribution >= 0.6 is 23.4 Å². The van der Waals surface area contributed by atoms with Gasteiger partial charge in [-0.05, 0) is 37.1 Å². The summed E-state index contributed by atoms with van der Waals surface area (Å²) in [6.45, 7) is 0. The minimum Gasteiger partial charge on any atom is -0.444 e. The molecular weight excluding hydrogens is 416 g/mol. The second-order valence-electron chi connectivity index (χ2n) is 7.39. The monoisotopic (exact) mass is 436 g/mol. The van der Waals surface area contributed by atoms with Gasteiger partial charge >= 0.3 is 0 Å². The van der Waals surface area contributed by atoms with E-state index in [9.17, 15) is 0 Å². The molecule has 1 aliphatic carbocycles. The number of oxazole rings is 1. The fraction of sp³-hybridized carbons (Fsp3) is 0.261. The summed E-state index contributed by atoms with van der Waals surface area (Å²) in [6, 6.07) is 18.2. The van der Waals surface area contributed by atoms with E-state index in [4.69, 9.17) is 16.0 Å². The molecule has 2 aromatic heterocycles. The van der Waals surface area contributed by atoms with Crippen LogP contribution in [0.5, 0.6) is 0 Å². The van der Waals surface area contributed by atoms with Gasteiger partial charge in [-0.15, -0.1) is 10.2 Å². The third-order valence-electron chi connectivity index (χ3n) is 5.39. The molecule has 0 radical (unpaired) electrons. The number of hydrogen-bond donors (Lipinski definition) is 0. The van der Waals surface area contributed by atoms with Crippen LogP contribution < -0.4 is 0 Å². The largest absolute Gasteiger partial charge is 0.444 e. The third-order valence-corrected chi connectivity index (χ3v) is 6.70. The van der Waals surface area contributed by atoms with E-state index in [1.54, 1.807) is 18.0 Å². The molecule has 0 aliphatic heterocycles. The molecule has 0 amide bonds.